The summed E-state index contributed by atoms with van der Waals surface area (Å²) in [6.07, 6.45) is 8.62. The van der Waals surface area contributed by atoms with Crippen LogP contribution in [0.3, 0.4) is 0 Å². The molecule has 0 unspecified atom stereocenters. The van der Waals surface area contributed by atoms with Gasteiger partial charge in [-0.05, 0) is 58.1 Å². The molecule has 4 heterocycles. The van der Waals surface area contributed by atoms with Crippen LogP contribution in [0.5, 0.6) is 0 Å². The molecular formula is C47H70F11I2N4Pd2RbY4-4. The maximum Gasteiger partial charge on any atom is 1.00 e. The fourth-order valence-corrected chi connectivity index (χ4v) is 6.17. The van der Waals surface area contributed by atoms with Gasteiger partial charge >= 0.3 is 58.2 Å². The van der Waals surface area contributed by atoms with Crippen molar-refractivity contribution in [2.45, 2.75) is 56.9 Å². The van der Waals surface area contributed by atoms with E-state index in [-0.39, 0.29) is 336 Å². The van der Waals surface area contributed by atoms with Crippen LogP contribution >= 0.6 is 48.0 Å². The second kappa shape index (κ2) is 71.3. The Morgan fingerprint density at radius 2 is 0.662 bits per heavy atom. The quantitative estimate of drug-likeness (QED) is 0.0624. The monoisotopic (exact) mass is 1810 g/mol. The molecule has 0 aliphatic rings. The first-order chi connectivity index (χ1) is 25.6. The van der Waals surface area contributed by atoms with E-state index < -0.39 is 0 Å². The Labute approximate surface area is 629 Å². The van der Waals surface area contributed by atoms with Crippen molar-refractivity contribution in [3.05, 3.63) is 166 Å². The van der Waals surface area contributed by atoms with E-state index in [0.29, 0.717) is 0 Å². The summed E-state index contributed by atoms with van der Waals surface area (Å²) in [6.45, 7) is 10.7. The second-order valence-corrected chi connectivity index (χ2v) is 11.9. The minimum absolute atomic E-state index is 0. The van der Waals surface area contributed by atoms with E-state index in [4.69, 9.17) is 36.6 Å². The first-order valence-corrected chi connectivity index (χ1v) is 16.0. The van der Waals surface area contributed by atoms with E-state index in [1.165, 1.54) is 71.6 Å². The summed E-state index contributed by atoms with van der Waals surface area (Å²) >= 11 is 0. The van der Waals surface area contributed by atoms with Gasteiger partial charge in [0.25, 0.3) is 0 Å². The number of halogens is 13. The molecule has 0 aliphatic heterocycles. The molecule has 0 aliphatic carbocycles. The average molecular weight is 1810 g/mol. The SMILES string of the molecule is C.C.C.Cc1[c-]n(C)c2ccccc12.Cc1[c-]n(C)c2ccccc12.Cc1c(C)n(C)c2ccccc12.Cc1cn(C)c2ccccc12.F.F.F.FF.FF.FF.FF.I.I.[CH3-].[CH3-].[CH3-].[Pd].[Pd].[Rb+].[Y].[Y].[Y].[Y]. The number of hydrogen-bond acceptors (Lipinski definition) is 0. The first-order valence-electron chi connectivity index (χ1n) is 16.0. The van der Waals surface area contributed by atoms with Gasteiger partial charge in [-0.15, -0.1) is 95.6 Å². The van der Waals surface area contributed by atoms with Crippen molar-refractivity contribution in [3.63, 3.8) is 0 Å². The number of nitrogens with zero attached hydrogens (tertiary/aromatic N) is 4. The summed E-state index contributed by atoms with van der Waals surface area (Å²) in [4.78, 5) is 0. The third-order valence-corrected chi connectivity index (χ3v) is 8.82. The van der Waals surface area contributed by atoms with Crippen LogP contribution in [0.2, 0.25) is 0 Å². The number of para-hydroxylation sites is 4. The van der Waals surface area contributed by atoms with Gasteiger partial charge in [0.15, 0.2) is 0 Å². The van der Waals surface area contributed by atoms with Crippen LogP contribution in [0.4, 0.5) is 50.7 Å². The van der Waals surface area contributed by atoms with Gasteiger partial charge in [0.2, 0.25) is 0 Å². The third-order valence-electron chi connectivity index (χ3n) is 8.82. The van der Waals surface area contributed by atoms with Gasteiger partial charge in [-0.3, -0.25) is 14.1 Å². The molecule has 71 heavy (non-hydrogen) atoms. The van der Waals surface area contributed by atoms with Gasteiger partial charge in [0.1, 0.15) is 0 Å². The van der Waals surface area contributed by atoms with E-state index in [0.717, 1.165) is 0 Å². The number of rotatable bonds is 0. The van der Waals surface area contributed by atoms with E-state index in [2.05, 4.69) is 174 Å². The number of benzene rings is 4. The van der Waals surface area contributed by atoms with Gasteiger partial charge in [-0.2, -0.15) is 21.9 Å². The molecule has 4 aromatic carbocycles. The predicted octanol–water partition coefficient (Wildman–Crippen LogP) is 15.2. The topological polar surface area (TPSA) is 19.7 Å². The molecule has 0 saturated carbocycles. The van der Waals surface area contributed by atoms with Gasteiger partial charge < -0.3 is 40.5 Å². The molecule has 0 saturated heterocycles. The zero-order valence-electron chi connectivity index (χ0n) is 40.1. The Kier molecular flexibility index (Phi) is 126. The van der Waals surface area contributed by atoms with Gasteiger partial charge in [-0.1, -0.05) is 96.8 Å². The molecule has 8 aromatic rings. The first kappa shape index (κ1) is 126. The van der Waals surface area contributed by atoms with Gasteiger partial charge in [0, 0.05) is 256 Å². The Balaban J connectivity index is -0.0000000291. The largest absolute Gasteiger partial charge is 1.00 e. The molecule has 0 fully saturated rings. The summed E-state index contributed by atoms with van der Waals surface area (Å²) in [6, 6.07) is 33.7. The van der Waals surface area contributed by atoms with Crippen LogP contribution < -0.4 is 58.2 Å². The van der Waals surface area contributed by atoms with Crippen molar-refractivity contribution in [1.29, 1.82) is 0 Å². The Morgan fingerprint density at radius 1 is 0.408 bits per heavy atom. The van der Waals surface area contributed by atoms with Gasteiger partial charge in [-0.25, -0.2) is 0 Å². The minimum atomic E-state index is 0. The third kappa shape index (κ3) is 37.8. The molecule has 4 radical (unpaired) electrons. The Morgan fingerprint density at radius 3 is 0.944 bits per heavy atom. The van der Waals surface area contributed by atoms with Crippen molar-refractivity contribution in [2.75, 3.05) is 0 Å². The fraction of sp³-hybridized carbons (Fsp3) is 0.255. The van der Waals surface area contributed by atoms with Crippen LogP contribution in [0.25, 0.3) is 43.6 Å². The van der Waals surface area contributed by atoms with E-state index in [1.807, 2.05) is 23.2 Å². The van der Waals surface area contributed by atoms with Crippen LogP contribution in [0, 0.1) is 69.3 Å². The maximum absolute atomic E-state index is 8.00. The van der Waals surface area contributed by atoms with E-state index >= 15 is 0 Å². The van der Waals surface area contributed by atoms with Crippen molar-refractivity contribution in [3.8, 4) is 0 Å². The van der Waals surface area contributed by atoms with Crippen molar-refractivity contribution < 1.29 is 281 Å². The summed E-state index contributed by atoms with van der Waals surface area (Å²) < 4.78 is 72.5. The van der Waals surface area contributed by atoms with Crippen LogP contribution in [-0.4, -0.2) is 18.3 Å². The Bertz CT molecular complexity index is 1980. The number of hydrogen-bond donors (Lipinski definition) is 0. The molecule has 4 nitrogen and oxygen atoms in total. The fourth-order valence-electron chi connectivity index (χ4n) is 6.17. The van der Waals surface area contributed by atoms with Crippen LogP contribution in [0.1, 0.15) is 50.2 Å². The molecule has 8 rings (SSSR count). The molecule has 24 heteroatoms. The van der Waals surface area contributed by atoms with Crippen LogP contribution in [-0.2, 0) is 200 Å². The predicted molar refractivity (Wildman–Crippen MR) is 280 cm³/mol. The van der Waals surface area contributed by atoms with Crippen molar-refractivity contribution in [1.82, 2.24) is 18.3 Å². The molecule has 0 amide bonds. The number of fused-ring (bicyclic) bond motifs is 4. The molecule has 406 valence electrons. The summed E-state index contributed by atoms with van der Waals surface area (Å²) in [5, 5.41) is 5.33. The molecule has 0 bridgehead atoms. The normalized spacial score (nSPS) is 7.17. The molecule has 4 aromatic heterocycles. The number of aryl methyl sites for hydroxylation is 8. The van der Waals surface area contributed by atoms with Crippen molar-refractivity contribution >= 4 is 91.6 Å². The van der Waals surface area contributed by atoms with Gasteiger partial charge in [0.05, 0.1) is 0 Å². The van der Waals surface area contributed by atoms with Crippen LogP contribution in [0.15, 0.2) is 103 Å². The molecular weight excluding hydrogens is 1740 g/mol. The Hall–Kier alpha value is 3.28. The summed E-state index contributed by atoms with van der Waals surface area (Å²) in [5.41, 5.74) is 11.7. The van der Waals surface area contributed by atoms with E-state index in [1.54, 1.807) is 0 Å². The smallest absolute Gasteiger partial charge is 0.466 e. The van der Waals surface area contributed by atoms with E-state index in [9.17, 15) is 0 Å². The minimum Gasteiger partial charge on any atom is -0.466 e. The molecule has 0 atom stereocenters. The number of aromatic nitrogens is 4. The maximum atomic E-state index is 8.00. The average Bonchev–Trinajstić information content (AvgIpc) is 3.87. The molecule has 0 spiro atoms. The second-order valence-electron chi connectivity index (χ2n) is 11.9. The summed E-state index contributed by atoms with van der Waals surface area (Å²) in [5.74, 6) is 0. The van der Waals surface area contributed by atoms with Crippen molar-refractivity contribution in [2.24, 2.45) is 28.2 Å². The standard InChI is InChI=1S/C11H13N.C10H11N.2C10H10N.3CH4.3CH3.4F2.3FH.2HI.2Pd.Rb.4Y/c1-8-9(2)12(3)11-7-5-4-6-10(8)11;3*1-8-7-11(2)10-6-4-3-5-9(8)10;;;;;;;4*1-2;;;;;;;;;;;;/h4-7H,1-3H3;3-7H,1-2H3;2*3-6H,1-2H3;3*1H4;3*1H3;;;;;5*1H;;;;;;;/q;;2*-1;;;;3*-1;;;;;;;;;;;;+1;;;;. The zero-order valence-corrected chi connectivity index (χ0v) is 64.1. The molecule has 0 N–H and O–H groups in total. The summed E-state index contributed by atoms with van der Waals surface area (Å²) in [7, 11) is 8.24. The zero-order chi connectivity index (χ0) is 40.2.